The van der Waals surface area contributed by atoms with Crippen LogP contribution in [-0.4, -0.2) is 58.1 Å². The number of rotatable bonds is 7. The van der Waals surface area contributed by atoms with Crippen molar-refractivity contribution in [3.8, 4) is 16.9 Å². The molecule has 0 bridgehead atoms. The highest BCUT2D eigenvalue weighted by atomic mass is 32.2. The van der Waals surface area contributed by atoms with E-state index in [0.717, 1.165) is 46.1 Å². The predicted octanol–water partition coefficient (Wildman–Crippen LogP) is 4.43. The number of nitrogens with zero attached hydrogens (tertiary/aromatic N) is 3. The number of thioether (sulfide) groups is 1. The van der Waals surface area contributed by atoms with Crippen molar-refractivity contribution in [1.29, 1.82) is 0 Å². The first-order valence-electron chi connectivity index (χ1n) is 11.7. The number of sulfone groups is 1. The predicted molar refractivity (Wildman–Crippen MR) is 136 cm³/mol. The summed E-state index contributed by atoms with van der Waals surface area (Å²) in [5.74, 6) is 0.517. The Labute approximate surface area is 205 Å². The molecular weight excluding hydrogens is 466 g/mol. The first kappa shape index (κ1) is 23.2. The van der Waals surface area contributed by atoms with Crippen LogP contribution >= 0.6 is 11.8 Å². The third-order valence-corrected chi connectivity index (χ3v) is 9.11. The van der Waals surface area contributed by atoms with Crippen molar-refractivity contribution < 1.29 is 13.2 Å². The monoisotopic (exact) mass is 495 g/mol. The molecule has 1 atom stereocenters. The second kappa shape index (κ2) is 9.23. The number of carbonyl (C=O) groups excluding carboxylic acids is 1. The lowest BCUT2D eigenvalue weighted by molar-refractivity contribution is -0.130. The number of aromatic nitrogens is 2. The molecule has 0 N–H and O–H groups in total. The van der Waals surface area contributed by atoms with Gasteiger partial charge in [0.1, 0.15) is 0 Å². The van der Waals surface area contributed by atoms with Gasteiger partial charge in [0.25, 0.3) is 0 Å². The standard InChI is InChI=1S/C26H29N3O3S2/c1-18-12-19(2)14-23(13-18)29-24(20-6-4-3-5-7-20)15-27-26(29)33-16-25(30)28(21-8-9-21)22-10-11-34(31,32)17-22/h3-7,12-15,21-22H,8-11,16-17H2,1-2H3. The van der Waals surface area contributed by atoms with Gasteiger partial charge in [0.15, 0.2) is 15.0 Å². The second-order valence-electron chi connectivity index (χ2n) is 9.35. The van der Waals surface area contributed by atoms with Crippen LogP contribution in [0.15, 0.2) is 59.9 Å². The SMILES string of the molecule is Cc1cc(C)cc(-n2c(-c3ccccc3)cnc2SCC(=O)N(C2CC2)C2CCS(=O)(=O)C2)c1. The minimum absolute atomic E-state index is 0.00540. The molecule has 1 saturated heterocycles. The topological polar surface area (TPSA) is 72.3 Å². The van der Waals surface area contributed by atoms with Crippen molar-refractivity contribution in [1.82, 2.24) is 14.5 Å². The van der Waals surface area contributed by atoms with Gasteiger partial charge in [-0.1, -0.05) is 48.2 Å². The van der Waals surface area contributed by atoms with Gasteiger partial charge in [0, 0.05) is 23.3 Å². The van der Waals surface area contributed by atoms with Crippen LogP contribution in [0.3, 0.4) is 0 Å². The van der Waals surface area contributed by atoms with Gasteiger partial charge in [-0.15, -0.1) is 0 Å². The molecule has 1 aliphatic carbocycles. The summed E-state index contributed by atoms with van der Waals surface area (Å²) in [6.07, 6.45) is 4.33. The molecule has 1 saturated carbocycles. The van der Waals surface area contributed by atoms with E-state index in [1.807, 2.05) is 29.3 Å². The second-order valence-corrected chi connectivity index (χ2v) is 12.5. The van der Waals surface area contributed by atoms with Gasteiger partial charge in [0.2, 0.25) is 5.91 Å². The molecule has 5 rings (SSSR count). The van der Waals surface area contributed by atoms with E-state index in [0.29, 0.717) is 6.42 Å². The summed E-state index contributed by atoms with van der Waals surface area (Å²) >= 11 is 1.42. The molecule has 3 aromatic rings. The number of amides is 1. The van der Waals surface area contributed by atoms with Gasteiger partial charge in [-0.25, -0.2) is 13.4 Å². The molecule has 2 aliphatic rings. The van der Waals surface area contributed by atoms with Gasteiger partial charge in [0.05, 0.1) is 29.1 Å². The lowest BCUT2D eigenvalue weighted by Crippen LogP contribution is -2.43. The average Bonchev–Trinajstić information content (AvgIpc) is 3.42. The summed E-state index contributed by atoms with van der Waals surface area (Å²) in [4.78, 5) is 19.9. The van der Waals surface area contributed by atoms with Crippen molar-refractivity contribution in [2.24, 2.45) is 0 Å². The molecule has 2 fully saturated rings. The van der Waals surface area contributed by atoms with Crippen LogP contribution < -0.4 is 0 Å². The van der Waals surface area contributed by atoms with E-state index in [4.69, 9.17) is 4.98 Å². The molecule has 1 aliphatic heterocycles. The average molecular weight is 496 g/mol. The van der Waals surface area contributed by atoms with E-state index in [1.165, 1.54) is 11.8 Å². The minimum atomic E-state index is -3.04. The van der Waals surface area contributed by atoms with Crippen LogP contribution in [0.25, 0.3) is 16.9 Å². The van der Waals surface area contributed by atoms with Gasteiger partial charge in [-0.05, 0) is 56.4 Å². The number of aryl methyl sites for hydroxylation is 2. The Hall–Kier alpha value is -2.58. The van der Waals surface area contributed by atoms with Crippen molar-refractivity contribution in [3.63, 3.8) is 0 Å². The number of imidazole rings is 1. The number of hydrogen-bond acceptors (Lipinski definition) is 5. The van der Waals surface area contributed by atoms with Gasteiger partial charge < -0.3 is 4.90 Å². The van der Waals surface area contributed by atoms with Crippen LogP contribution in [0, 0.1) is 13.8 Å². The zero-order valence-electron chi connectivity index (χ0n) is 19.5. The number of benzene rings is 2. The highest BCUT2D eigenvalue weighted by Gasteiger charge is 2.42. The van der Waals surface area contributed by atoms with Gasteiger partial charge >= 0.3 is 0 Å². The summed E-state index contributed by atoms with van der Waals surface area (Å²) in [6.45, 7) is 4.16. The summed E-state index contributed by atoms with van der Waals surface area (Å²) in [7, 11) is -3.04. The van der Waals surface area contributed by atoms with Crippen LogP contribution in [0.5, 0.6) is 0 Å². The first-order valence-corrected chi connectivity index (χ1v) is 14.5. The summed E-state index contributed by atoms with van der Waals surface area (Å²) in [6, 6.07) is 16.5. The maximum atomic E-state index is 13.3. The largest absolute Gasteiger partial charge is 0.335 e. The van der Waals surface area contributed by atoms with Crippen LogP contribution in [0.1, 0.15) is 30.4 Å². The molecule has 8 heteroatoms. The zero-order valence-corrected chi connectivity index (χ0v) is 21.1. The van der Waals surface area contributed by atoms with Crippen LogP contribution in [-0.2, 0) is 14.6 Å². The quantitative estimate of drug-likeness (QED) is 0.454. The van der Waals surface area contributed by atoms with Crippen LogP contribution in [0.4, 0.5) is 0 Å². The van der Waals surface area contributed by atoms with Crippen LogP contribution in [0.2, 0.25) is 0 Å². The van der Waals surface area contributed by atoms with Crippen molar-refractivity contribution >= 4 is 27.5 Å². The van der Waals surface area contributed by atoms with E-state index in [1.54, 1.807) is 0 Å². The number of carbonyl (C=O) groups is 1. The summed E-state index contributed by atoms with van der Waals surface area (Å²) in [5, 5.41) is 0.756. The Morgan fingerprint density at radius 1 is 1.06 bits per heavy atom. The summed E-state index contributed by atoms with van der Waals surface area (Å²) in [5.41, 5.74) is 5.38. The molecule has 1 unspecified atom stereocenters. The first-order chi connectivity index (χ1) is 16.3. The highest BCUT2D eigenvalue weighted by molar-refractivity contribution is 7.99. The Morgan fingerprint density at radius 2 is 1.76 bits per heavy atom. The van der Waals surface area contributed by atoms with E-state index in [-0.39, 0.29) is 35.2 Å². The molecule has 2 heterocycles. The maximum absolute atomic E-state index is 13.3. The van der Waals surface area contributed by atoms with E-state index in [9.17, 15) is 13.2 Å². The molecule has 0 radical (unpaired) electrons. The fourth-order valence-corrected chi connectivity index (χ4v) is 7.41. The fraction of sp³-hybridized carbons (Fsp3) is 0.385. The minimum Gasteiger partial charge on any atom is -0.335 e. The Morgan fingerprint density at radius 3 is 2.38 bits per heavy atom. The molecule has 178 valence electrons. The van der Waals surface area contributed by atoms with Crippen molar-refractivity contribution in [2.45, 2.75) is 50.4 Å². The molecule has 1 aromatic heterocycles. The van der Waals surface area contributed by atoms with Gasteiger partial charge in [-0.2, -0.15) is 0 Å². The normalized spacial score (nSPS) is 19.3. The van der Waals surface area contributed by atoms with E-state index in [2.05, 4.69) is 48.7 Å². The smallest absolute Gasteiger partial charge is 0.233 e. The molecule has 34 heavy (non-hydrogen) atoms. The molecule has 2 aromatic carbocycles. The van der Waals surface area contributed by atoms with Crippen molar-refractivity contribution in [3.05, 3.63) is 65.9 Å². The molecule has 0 spiro atoms. The Balaban J connectivity index is 1.43. The molecule has 6 nitrogen and oxygen atoms in total. The summed E-state index contributed by atoms with van der Waals surface area (Å²) < 4.78 is 26.2. The highest BCUT2D eigenvalue weighted by Crippen LogP contribution is 2.35. The number of hydrogen-bond donors (Lipinski definition) is 0. The van der Waals surface area contributed by atoms with E-state index < -0.39 is 9.84 Å². The maximum Gasteiger partial charge on any atom is 0.233 e. The lowest BCUT2D eigenvalue weighted by atomic mass is 10.1. The Bertz CT molecular complexity index is 1290. The third kappa shape index (κ3) is 4.93. The third-order valence-electron chi connectivity index (χ3n) is 6.42. The molecule has 1 amide bonds. The van der Waals surface area contributed by atoms with E-state index >= 15 is 0 Å². The zero-order chi connectivity index (χ0) is 23.9. The molecular formula is C26H29N3O3S2. The Kier molecular flexibility index (Phi) is 6.29. The van der Waals surface area contributed by atoms with Gasteiger partial charge in [-0.3, -0.25) is 9.36 Å². The fourth-order valence-electron chi connectivity index (χ4n) is 4.83. The lowest BCUT2D eigenvalue weighted by Gasteiger charge is -2.28. The van der Waals surface area contributed by atoms with Crippen molar-refractivity contribution in [2.75, 3.05) is 17.3 Å².